The van der Waals surface area contributed by atoms with Gasteiger partial charge in [-0.2, -0.15) is 0 Å². The molecule has 2 amide bonds. The number of halogens is 1. The normalized spacial score (nSPS) is 16.0. The Morgan fingerprint density at radius 2 is 1.91 bits per heavy atom. The van der Waals surface area contributed by atoms with Crippen LogP contribution in [-0.4, -0.2) is 47.5 Å². The molecule has 8 nitrogen and oxygen atoms in total. The summed E-state index contributed by atoms with van der Waals surface area (Å²) in [6, 6.07) is 13.3. The molecule has 0 bridgehead atoms. The summed E-state index contributed by atoms with van der Waals surface area (Å²) in [6.07, 6.45) is -1.77. The first-order valence-corrected chi connectivity index (χ1v) is 10.9. The zero-order valence-electron chi connectivity index (χ0n) is 19.4. The van der Waals surface area contributed by atoms with Crippen molar-refractivity contribution in [2.24, 2.45) is 0 Å². The van der Waals surface area contributed by atoms with Crippen molar-refractivity contribution in [3.63, 3.8) is 0 Å². The lowest BCUT2D eigenvalue weighted by Gasteiger charge is -2.21. The zero-order chi connectivity index (χ0) is 24.6. The van der Waals surface area contributed by atoms with Gasteiger partial charge in [0.1, 0.15) is 17.5 Å². The van der Waals surface area contributed by atoms with Crippen molar-refractivity contribution < 1.29 is 28.2 Å². The number of nitrogens with zero attached hydrogens (tertiary/aromatic N) is 2. The maximum absolute atomic E-state index is 15.4. The Morgan fingerprint density at radius 1 is 1.18 bits per heavy atom. The molecular formula is C25H26FN3O5. The van der Waals surface area contributed by atoms with Crippen molar-refractivity contribution in [1.82, 2.24) is 9.88 Å². The van der Waals surface area contributed by atoms with Crippen molar-refractivity contribution in [2.45, 2.75) is 39.4 Å². The quantitative estimate of drug-likeness (QED) is 0.601. The smallest absolute Gasteiger partial charge is 0.419 e. The number of ether oxygens (including phenoxy) is 2. The van der Waals surface area contributed by atoms with Gasteiger partial charge >= 0.3 is 12.2 Å². The molecule has 178 valence electrons. The van der Waals surface area contributed by atoms with E-state index in [0.717, 1.165) is 5.39 Å². The Bertz CT molecular complexity index is 1280. The molecule has 4 rings (SSSR count). The Morgan fingerprint density at radius 3 is 2.59 bits per heavy atom. The number of benzene rings is 2. The minimum absolute atomic E-state index is 0.175. The van der Waals surface area contributed by atoms with Crippen molar-refractivity contribution in [2.75, 3.05) is 18.0 Å². The Labute approximate surface area is 196 Å². The van der Waals surface area contributed by atoms with Crippen molar-refractivity contribution in [3.05, 3.63) is 54.3 Å². The maximum atomic E-state index is 15.4. The van der Waals surface area contributed by atoms with E-state index in [4.69, 9.17) is 9.47 Å². The van der Waals surface area contributed by atoms with Gasteiger partial charge in [0.05, 0.1) is 30.0 Å². The van der Waals surface area contributed by atoms with Crippen LogP contribution in [0.4, 0.5) is 19.7 Å². The molecule has 1 saturated heterocycles. The highest BCUT2D eigenvalue weighted by molar-refractivity contribution is 5.97. The van der Waals surface area contributed by atoms with E-state index in [1.165, 1.54) is 28.5 Å². The molecule has 2 aromatic carbocycles. The number of para-hydroxylation sites is 1. The summed E-state index contributed by atoms with van der Waals surface area (Å²) in [4.78, 5) is 37.7. The number of hydrogen-bond donors (Lipinski definition) is 1. The molecule has 9 heteroatoms. The second-order valence-corrected chi connectivity index (χ2v) is 9.12. The van der Waals surface area contributed by atoms with Gasteiger partial charge in [0.25, 0.3) is 0 Å². The fourth-order valence-corrected chi connectivity index (χ4v) is 3.83. The molecule has 1 N–H and O–H groups in total. The van der Waals surface area contributed by atoms with E-state index in [9.17, 15) is 14.4 Å². The van der Waals surface area contributed by atoms with E-state index in [1.54, 1.807) is 45.0 Å². The molecule has 1 fully saturated rings. The van der Waals surface area contributed by atoms with Crippen LogP contribution in [0, 0.1) is 5.82 Å². The van der Waals surface area contributed by atoms with Crippen LogP contribution in [0.25, 0.3) is 22.2 Å². The second kappa shape index (κ2) is 8.81. The van der Waals surface area contributed by atoms with E-state index in [-0.39, 0.29) is 24.6 Å². The Balaban J connectivity index is 1.68. The third kappa shape index (κ3) is 4.73. The van der Waals surface area contributed by atoms with E-state index >= 15 is 4.39 Å². The predicted molar refractivity (Wildman–Crippen MR) is 125 cm³/mol. The monoisotopic (exact) mass is 467 g/mol. The van der Waals surface area contributed by atoms with Crippen LogP contribution in [0.2, 0.25) is 0 Å². The summed E-state index contributed by atoms with van der Waals surface area (Å²) in [5.74, 6) is -0.839. The molecule has 0 spiro atoms. The predicted octanol–water partition coefficient (Wildman–Crippen LogP) is 4.69. The molecule has 1 aliphatic heterocycles. The number of carbonyl (C=O) groups is 3. The lowest BCUT2D eigenvalue weighted by Crippen LogP contribution is -2.33. The summed E-state index contributed by atoms with van der Waals surface area (Å²) in [7, 11) is 0. The summed E-state index contributed by atoms with van der Waals surface area (Å²) < 4.78 is 27.5. The van der Waals surface area contributed by atoms with Gasteiger partial charge in [0.2, 0.25) is 5.91 Å². The highest BCUT2D eigenvalue weighted by Gasteiger charge is 2.33. The highest BCUT2D eigenvalue weighted by Crippen LogP contribution is 2.33. The first kappa shape index (κ1) is 23.3. The second-order valence-electron chi connectivity index (χ2n) is 9.12. The van der Waals surface area contributed by atoms with Crippen LogP contribution in [0.3, 0.4) is 0 Å². The van der Waals surface area contributed by atoms with Gasteiger partial charge in [0, 0.05) is 17.9 Å². The third-order valence-corrected chi connectivity index (χ3v) is 5.28. The molecule has 1 aromatic heterocycles. The maximum Gasteiger partial charge on any atom is 0.419 e. The molecule has 0 radical (unpaired) electrons. The van der Waals surface area contributed by atoms with Gasteiger partial charge < -0.3 is 14.8 Å². The Hall–Kier alpha value is -3.88. The van der Waals surface area contributed by atoms with Crippen LogP contribution in [0.1, 0.15) is 27.7 Å². The molecule has 1 aliphatic rings. The first-order valence-electron chi connectivity index (χ1n) is 10.9. The minimum Gasteiger partial charge on any atom is -0.443 e. The van der Waals surface area contributed by atoms with E-state index in [2.05, 4.69) is 5.32 Å². The van der Waals surface area contributed by atoms with Crippen LogP contribution < -0.4 is 10.2 Å². The zero-order valence-corrected chi connectivity index (χ0v) is 19.4. The van der Waals surface area contributed by atoms with E-state index in [0.29, 0.717) is 16.9 Å². The molecule has 1 atom stereocenters. The topological polar surface area (TPSA) is 89.9 Å². The van der Waals surface area contributed by atoms with Gasteiger partial charge in [-0.05, 0) is 51.1 Å². The van der Waals surface area contributed by atoms with Crippen LogP contribution in [0.15, 0.2) is 48.5 Å². The number of rotatable bonds is 4. The molecule has 2 heterocycles. The minimum atomic E-state index is -0.730. The average Bonchev–Trinajstić information content (AvgIpc) is 3.31. The number of nitrogens with one attached hydrogen (secondary N) is 1. The molecule has 0 saturated carbocycles. The van der Waals surface area contributed by atoms with Crippen molar-refractivity contribution in [3.8, 4) is 11.3 Å². The Kier molecular flexibility index (Phi) is 6.03. The van der Waals surface area contributed by atoms with E-state index < -0.39 is 29.7 Å². The van der Waals surface area contributed by atoms with Gasteiger partial charge in [0.15, 0.2) is 0 Å². The number of aromatic nitrogens is 1. The lowest BCUT2D eigenvalue weighted by atomic mass is 10.1. The van der Waals surface area contributed by atoms with Crippen molar-refractivity contribution in [1.29, 1.82) is 0 Å². The number of anilines is 1. The third-order valence-electron chi connectivity index (χ3n) is 5.28. The molecular weight excluding hydrogens is 441 g/mol. The van der Waals surface area contributed by atoms with Crippen molar-refractivity contribution >= 4 is 34.7 Å². The van der Waals surface area contributed by atoms with Crippen LogP contribution >= 0.6 is 0 Å². The van der Waals surface area contributed by atoms with Gasteiger partial charge in [-0.1, -0.05) is 18.2 Å². The largest absolute Gasteiger partial charge is 0.443 e. The van der Waals surface area contributed by atoms with Gasteiger partial charge in [-0.3, -0.25) is 9.69 Å². The first-order chi connectivity index (χ1) is 16.0. The summed E-state index contributed by atoms with van der Waals surface area (Å²) in [5.41, 5.74) is 0.710. The van der Waals surface area contributed by atoms with Crippen LogP contribution in [0.5, 0.6) is 0 Å². The average molecular weight is 467 g/mol. The summed E-state index contributed by atoms with van der Waals surface area (Å²) in [6.45, 7) is 7.02. The summed E-state index contributed by atoms with van der Waals surface area (Å²) >= 11 is 0. The molecule has 34 heavy (non-hydrogen) atoms. The standard InChI is InChI=1S/C25H26FN3O5/c1-15(30)27-13-18-14-28(23(31)33-18)17-9-10-19(20(26)12-17)22-11-16-7-5-6-8-21(16)29(22)24(32)34-25(2,3)4/h5-12,18H,13-14H2,1-4H3,(H,27,30)/t18-/m0/s1. The molecule has 3 aromatic rings. The van der Waals surface area contributed by atoms with E-state index in [1.807, 2.05) is 12.1 Å². The molecule has 0 aliphatic carbocycles. The number of carbonyl (C=O) groups excluding carboxylic acids is 3. The number of cyclic esters (lactones) is 1. The fourth-order valence-electron chi connectivity index (χ4n) is 3.83. The fraction of sp³-hybridized carbons (Fsp3) is 0.320. The van der Waals surface area contributed by atoms with Gasteiger partial charge in [-0.15, -0.1) is 0 Å². The van der Waals surface area contributed by atoms with Crippen LogP contribution in [-0.2, 0) is 14.3 Å². The number of hydrogen-bond acceptors (Lipinski definition) is 5. The summed E-state index contributed by atoms with van der Waals surface area (Å²) in [5, 5.41) is 3.36. The number of amides is 2. The van der Waals surface area contributed by atoms with Gasteiger partial charge in [-0.25, -0.2) is 18.5 Å². The lowest BCUT2D eigenvalue weighted by molar-refractivity contribution is -0.119. The molecule has 0 unspecified atom stereocenters. The number of fused-ring (bicyclic) bond motifs is 1. The SMILES string of the molecule is CC(=O)NC[C@H]1CN(c2ccc(-c3cc4ccccc4n3C(=O)OC(C)(C)C)c(F)c2)C(=O)O1. The highest BCUT2D eigenvalue weighted by atomic mass is 19.1.